The largest absolute Gasteiger partial charge is 0.368 e. The van der Waals surface area contributed by atoms with E-state index in [2.05, 4.69) is 20.4 Å². The normalized spacial score (nSPS) is 10.1. The first-order valence-electron chi connectivity index (χ1n) is 4.13. The molecule has 0 radical (unpaired) electrons. The number of anilines is 2. The van der Waals surface area contributed by atoms with E-state index in [0.29, 0.717) is 17.7 Å². The van der Waals surface area contributed by atoms with Crippen LogP contribution >= 0.6 is 0 Å². The van der Waals surface area contributed by atoms with Gasteiger partial charge in [0.15, 0.2) is 5.82 Å². The van der Waals surface area contributed by atoms with Crippen molar-refractivity contribution in [2.45, 2.75) is 0 Å². The van der Waals surface area contributed by atoms with Crippen molar-refractivity contribution in [3.63, 3.8) is 0 Å². The van der Waals surface area contributed by atoms with Gasteiger partial charge in [-0.25, -0.2) is 4.98 Å². The third-order valence-electron chi connectivity index (χ3n) is 1.72. The molecule has 2 heterocycles. The molecule has 0 spiro atoms. The number of aromatic nitrogens is 4. The zero-order valence-electron chi connectivity index (χ0n) is 7.68. The van der Waals surface area contributed by atoms with Crippen LogP contribution in [0.15, 0.2) is 24.4 Å². The van der Waals surface area contributed by atoms with Crippen LogP contribution in [-0.2, 0) is 0 Å². The van der Waals surface area contributed by atoms with Crippen molar-refractivity contribution in [3.05, 3.63) is 24.4 Å². The fraction of sp³-hybridized carbons (Fsp3) is 0.125. The number of rotatable bonds is 2. The molecule has 0 amide bonds. The summed E-state index contributed by atoms with van der Waals surface area (Å²) in [6, 6.07) is 5.50. The minimum Gasteiger partial charge on any atom is -0.368 e. The SMILES string of the molecule is CNc1nc(N)n(-c2ccccn2)n1. The highest BCUT2D eigenvalue weighted by Gasteiger charge is 2.07. The molecule has 0 atom stereocenters. The predicted molar refractivity (Wildman–Crippen MR) is 53.1 cm³/mol. The maximum atomic E-state index is 5.66. The zero-order chi connectivity index (χ0) is 9.97. The monoisotopic (exact) mass is 190 g/mol. The molecule has 0 bridgehead atoms. The van der Waals surface area contributed by atoms with Gasteiger partial charge in [-0.05, 0) is 12.1 Å². The van der Waals surface area contributed by atoms with Gasteiger partial charge >= 0.3 is 0 Å². The Morgan fingerprint density at radius 1 is 1.43 bits per heavy atom. The van der Waals surface area contributed by atoms with Crippen LogP contribution in [-0.4, -0.2) is 26.8 Å². The molecule has 6 nitrogen and oxygen atoms in total. The second kappa shape index (κ2) is 3.33. The predicted octanol–water partition coefficient (Wildman–Crippen LogP) is 0.286. The van der Waals surface area contributed by atoms with Gasteiger partial charge in [0.05, 0.1) is 0 Å². The first-order chi connectivity index (χ1) is 6.81. The van der Waals surface area contributed by atoms with Crippen molar-refractivity contribution in [1.29, 1.82) is 0 Å². The van der Waals surface area contributed by atoms with Crippen LogP contribution < -0.4 is 11.1 Å². The van der Waals surface area contributed by atoms with Gasteiger partial charge in [-0.1, -0.05) is 6.07 Å². The molecule has 2 aromatic rings. The van der Waals surface area contributed by atoms with Crippen molar-refractivity contribution in [1.82, 2.24) is 19.7 Å². The van der Waals surface area contributed by atoms with Crippen molar-refractivity contribution in [2.75, 3.05) is 18.1 Å². The quantitative estimate of drug-likeness (QED) is 0.711. The molecule has 0 saturated carbocycles. The number of nitrogens with two attached hydrogens (primary N) is 1. The second-order valence-electron chi connectivity index (χ2n) is 2.64. The van der Waals surface area contributed by atoms with E-state index >= 15 is 0 Å². The molecule has 0 aliphatic carbocycles. The lowest BCUT2D eigenvalue weighted by atomic mass is 10.5. The molecule has 0 saturated heterocycles. The highest BCUT2D eigenvalue weighted by molar-refractivity contribution is 5.37. The summed E-state index contributed by atoms with van der Waals surface area (Å²) in [6.45, 7) is 0. The van der Waals surface area contributed by atoms with Crippen LogP contribution in [0.25, 0.3) is 5.82 Å². The highest BCUT2D eigenvalue weighted by atomic mass is 15.4. The van der Waals surface area contributed by atoms with Crippen molar-refractivity contribution < 1.29 is 0 Å². The number of nitrogens with zero attached hydrogens (tertiary/aromatic N) is 4. The summed E-state index contributed by atoms with van der Waals surface area (Å²) >= 11 is 0. The van der Waals surface area contributed by atoms with Crippen molar-refractivity contribution >= 4 is 11.9 Å². The molecule has 3 N–H and O–H groups in total. The van der Waals surface area contributed by atoms with Crippen LogP contribution in [0.1, 0.15) is 0 Å². The number of hydrogen-bond donors (Lipinski definition) is 2. The van der Waals surface area contributed by atoms with Gasteiger partial charge in [0.25, 0.3) is 0 Å². The van der Waals surface area contributed by atoms with E-state index < -0.39 is 0 Å². The Labute approximate surface area is 80.8 Å². The molecule has 2 aromatic heterocycles. The lowest BCUT2D eigenvalue weighted by molar-refractivity contribution is 0.858. The number of pyridine rings is 1. The standard InChI is InChI=1S/C8H10N6/c1-10-8-12-7(9)14(13-8)6-4-2-3-5-11-6/h2-5H,1H3,(H3,9,10,12,13). The van der Waals surface area contributed by atoms with Crippen LogP contribution in [0.3, 0.4) is 0 Å². The Balaban J connectivity index is 2.46. The Hall–Kier alpha value is -2.11. The maximum absolute atomic E-state index is 5.66. The average Bonchev–Trinajstić information content (AvgIpc) is 2.61. The van der Waals surface area contributed by atoms with Crippen LogP contribution in [0, 0.1) is 0 Å². The highest BCUT2D eigenvalue weighted by Crippen LogP contribution is 2.09. The average molecular weight is 190 g/mol. The second-order valence-corrected chi connectivity index (χ2v) is 2.64. The molecular formula is C8H10N6. The molecular weight excluding hydrogens is 180 g/mol. The molecule has 0 aliphatic rings. The van der Waals surface area contributed by atoms with Crippen molar-refractivity contribution in [2.24, 2.45) is 0 Å². The van der Waals surface area contributed by atoms with Gasteiger partial charge in [-0.2, -0.15) is 9.67 Å². The third kappa shape index (κ3) is 1.37. The fourth-order valence-electron chi connectivity index (χ4n) is 1.08. The van der Waals surface area contributed by atoms with Gasteiger partial charge in [0.1, 0.15) is 0 Å². The number of nitrogens with one attached hydrogen (secondary N) is 1. The third-order valence-corrected chi connectivity index (χ3v) is 1.72. The van der Waals surface area contributed by atoms with Crippen LogP contribution in [0.5, 0.6) is 0 Å². The van der Waals surface area contributed by atoms with E-state index in [1.165, 1.54) is 4.68 Å². The minimum atomic E-state index is 0.313. The summed E-state index contributed by atoms with van der Waals surface area (Å²) in [6.07, 6.45) is 1.68. The molecule has 14 heavy (non-hydrogen) atoms. The molecule has 72 valence electrons. The van der Waals surface area contributed by atoms with Gasteiger partial charge in [0.2, 0.25) is 11.9 Å². The first-order valence-corrected chi connectivity index (χ1v) is 4.13. The van der Waals surface area contributed by atoms with Crippen molar-refractivity contribution in [3.8, 4) is 5.82 Å². The van der Waals surface area contributed by atoms with Crippen LogP contribution in [0.4, 0.5) is 11.9 Å². The lowest BCUT2D eigenvalue weighted by Crippen LogP contribution is -2.03. The summed E-state index contributed by atoms with van der Waals surface area (Å²) in [7, 11) is 1.73. The Kier molecular flexibility index (Phi) is 2.02. The molecule has 0 aliphatic heterocycles. The topological polar surface area (TPSA) is 81.6 Å². The Morgan fingerprint density at radius 2 is 2.29 bits per heavy atom. The smallest absolute Gasteiger partial charge is 0.244 e. The minimum absolute atomic E-state index is 0.313. The zero-order valence-corrected chi connectivity index (χ0v) is 7.68. The van der Waals surface area contributed by atoms with E-state index in [1.54, 1.807) is 13.2 Å². The lowest BCUT2D eigenvalue weighted by Gasteiger charge is -1.98. The van der Waals surface area contributed by atoms with E-state index in [0.717, 1.165) is 0 Å². The Morgan fingerprint density at radius 3 is 2.86 bits per heavy atom. The number of nitrogen functional groups attached to an aromatic ring is 1. The van der Waals surface area contributed by atoms with Gasteiger partial charge in [-0.15, -0.1) is 5.10 Å². The first kappa shape index (κ1) is 8.49. The molecule has 0 fully saturated rings. The van der Waals surface area contributed by atoms with E-state index in [-0.39, 0.29) is 0 Å². The summed E-state index contributed by atoms with van der Waals surface area (Å²) in [5, 5.41) is 6.91. The summed E-state index contributed by atoms with van der Waals surface area (Å²) in [5.74, 6) is 1.44. The van der Waals surface area contributed by atoms with Gasteiger partial charge < -0.3 is 11.1 Å². The molecule has 2 rings (SSSR count). The van der Waals surface area contributed by atoms with Gasteiger partial charge in [0, 0.05) is 13.2 Å². The number of hydrogen-bond acceptors (Lipinski definition) is 5. The Bertz CT molecular complexity index is 421. The summed E-state index contributed by atoms with van der Waals surface area (Å²) < 4.78 is 1.48. The van der Waals surface area contributed by atoms with Gasteiger partial charge in [-0.3, -0.25) is 0 Å². The molecule has 0 aromatic carbocycles. The summed E-state index contributed by atoms with van der Waals surface area (Å²) in [5.41, 5.74) is 5.66. The van der Waals surface area contributed by atoms with E-state index in [1.807, 2.05) is 18.2 Å². The fourth-order valence-corrected chi connectivity index (χ4v) is 1.08. The summed E-state index contributed by atoms with van der Waals surface area (Å²) in [4.78, 5) is 8.09. The van der Waals surface area contributed by atoms with E-state index in [9.17, 15) is 0 Å². The maximum Gasteiger partial charge on any atom is 0.244 e. The van der Waals surface area contributed by atoms with E-state index in [4.69, 9.17) is 5.73 Å². The molecule has 6 heteroatoms. The molecule has 0 unspecified atom stereocenters. The van der Waals surface area contributed by atoms with Crippen LogP contribution in [0.2, 0.25) is 0 Å².